The highest BCUT2D eigenvalue weighted by molar-refractivity contribution is 5.34. The second-order valence-corrected chi connectivity index (χ2v) is 3.82. The Morgan fingerprint density at radius 1 is 1.54 bits per heavy atom. The molecule has 0 bridgehead atoms. The van der Waals surface area contributed by atoms with Crippen molar-refractivity contribution < 1.29 is 0 Å². The van der Waals surface area contributed by atoms with Gasteiger partial charge in [-0.2, -0.15) is 0 Å². The minimum Gasteiger partial charge on any atom is -0.309 e. The summed E-state index contributed by atoms with van der Waals surface area (Å²) in [6.07, 6.45) is 9.98. The summed E-state index contributed by atoms with van der Waals surface area (Å²) in [6.45, 7) is 5.22. The molecule has 0 aromatic heterocycles. The van der Waals surface area contributed by atoms with Gasteiger partial charge in [0.25, 0.3) is 0 Å². The van der Waals surface area contributed by atoms with Gasteiger partial charge in [0.15, 0.2) is 0 Å². The summed E-state index contributed by atoms with van der Waals surface area (Å²) in [5.74, 6) is 0. The molecule has 0 saturated heterocycles. The molecule has 0 N–H and O–H groups in total. The fourth-order valence-corrected chi connectivity index (χ4v) is 1.42. The van der Waals surface area contributed by atoms with E-state index < -0.39 is 0 Å². The Hall–Kier alpha value is -0.820. The zero-order chi connectivity index (χ0) is 9.68. The van der Waals surface area contributed by atoms with Crippen molar-refractivity contribution in [1.29, 1.82) is 0 Å². The normalized spacial score (nSPS) is 16.1. The van der Waals surface area contributed by atoms with Gasteiger partial charge in [-0.05, 0) is 38.9 Å². The van der Waals surface area contributed by atoms with Gasteiger partial charge in [0.1, 0.15) is 0 Å². The third kappa shape index (κ3) is 3.60. The molecule has 0 fully saturated rings. The first kappa shape index (κ1) is 10.3. The van der Waals surface area contributed by atoms with Gasteiger partial charge in [0.05, 0.1) is 0 Å². The van der Waals surface area contributed by atoms with E-state index in [1.165, 1.54) is 24.0 Å². The van der Waals surface area contributed by atoms with E-state index in [2.05, 4.69) is 43.8 Å². The Morgan fingerprint density at radius 2 is 2.31 bits per heavy atom. The van der Waals surface area contributed by atoms with E-state index in [1.54, 1.807) is 0 Å². The van der Waals surface area contributed by atoms with Crippen molar-refractivity contribution in [2.24, 2.45) is 0 Å². The molecular weight excluding hydrogens is 158 g/mol. The van der Waals surface area contributed by atoms with Gasteiger partial charge in [-0.1, -0.05) is 30.4 Å². The quantitative estimate of drug-likeness (QED) is 0.638. The van der Waals surface area contributed by atoms with Crippen LogP contribution in [0.25, 0.3) is 0 Å². The van der Waals surface area contributed by atoms with Crippen LogP contribution in [0.1, 0.15) is 19.3 Å². The fraction of sp³-hybridized carbons (Fsp3) is 0.500. The highest BCUT2D eigenvalue weighted by atomic mass is 15.0. The van der Waals surface area contributed by atoms with Crippen LogP contribution >= 0.6 is 0 Å². The molecule has 1 aliphatic carbocycles. The lowest BCUT2D eigenvalue weighted by Gasteiger charge is -2.14. The Labute approximate surface area is 81.4 Å². The van der Waals surface area contributed by atoms with E-state index in [0.29, 0.717) is 0 Å². The van der Waals surface area contributed by atoms with Crippen molar-refractivity contribution >= 4 is 0 Å². The van der Waals surface area contributed by atoms with E-state index in [1.807, 2.05) is 0 Å². The zero-order valence-electron chi connectivity index (χ0n) is 8.71. The van der Waals surface area contributed by atoms with Gasteiger partial charge in [-0.25, -0.2) is 0 Å². The molecule has 0 radical (unpaired) electrons. The molecule has 13 heavy (non-hydrogen) atoms. The van der Waals surface area contributed by atoms with Crippen molar-refractivity contribution in [3.63, 3.8) is 0 Å². The summed E-state index contributed by atoms with van der Waals surface area (Å²) in [7, 11) is 4.20. The summed E-state index contributed by atoms with van der Waals surface area (Å²) in [6, 6.07) is 0. The molecule has 0 aromatic carbocycles. The molecule has 0 saturated carbocycles. The first-order valence-corrected chi connectivity index (χ1v) is 4.88. The van der Waals surface area contributed by atoms with E-state index in [0.717, 1.165) is 13.0 Å². The average Bonchev–Trinajstić information content (AvgIpc) is 2.15. The number of allylic oxidation sites excluding steroid dienone is 4. The van der Waals surface area contributed by atoms with Crippen molar-refractivity contribution in [3.05, 3.63) is 36.0 Å². The second-order valence-electron chi connectivity index (χ2n) is 3.82. The Kier molecular flexibility index (Phi) is 3.97. The van der Waals surface area contributed by atoms with Gasteiger partial charge < -0.3 is 4.90 Å². The predicted molar refractivity (Wildman–Crippen MR) is 58.8 cm³/mol. The van der Waals surface area contributed by atoms with Crippen LogP contribution < -0.4 is 0 Å². The minimum absolute atomic E-state index is 1.09. The maximum absolute atomic E-state index is 4.12. The molecule has 0 unspecified atom stereocenters. The van der Waals surface area contributed by atoms with E-state index in [4.69, 9.17) is 0 Å². The van der Waals surface area contributed by atoms with Crippen molar-refractivity contribution in [2.75, 3.05) is 20.6 Å². The molecular formula is C12H19N. The van der Waals surface area contributed by atoms with Gasteiger partial charge >= 0.3 is 0 Å². The molecule has 1 nitrogen and oxygen atoms in total. The lowest BCUT2D eigenvalue weighted by Crippen LogP contribution is -2.13. The highest BCUT2D eigenvalue weighted by Crippen LogP contribution is 2.21. The molecule has 1 heteroatoms. The third-order valence-electron chi connectivity index (χ3n) is 2.33. The van der Waals surface area contributed by atoms with E-state index >= 15 is 0 Å². The molecule has 0 amide bonds. The van der Waals surface area contributed by atoms with Gasteiger partial charge in [0.2, 0.25) is 0 Å². The molecule has 0 aliphatic heterocycles. The van der Waals surface area contributed by atoms with Crippen LogP contribution in [0.15, 0.2) is 36.0 Å². The lowest BCUT2D eigenvalue weighted by molar-refractivity contribution is 0.413. The highest BCUT2D eigenvalue weighted by Gasteiger charge is 2.04. The molecule has 0 aromatic rings. The van der Waals surface area contributed by atoms with Crippen molar-refractivity contribution in [3.8, 4) is 0 Å². The number of hydrogen-bond acceptors (Lipinski definition) is 1. The van der Waals surface area contributed by atoms with Crippen molar-refractivity contribution in [2.45, 2.75) is 19.3 Å². The standard InChI is InChI=1S/C12H19N/c1-11(9-10-13(2)3)12-7-5-4-6-8-12/h4-5,7H,1,6,8-10H2,2-3H3. The van der Waals surface area contributed by atoms with E-state index in [-0.39, 0.29) is 0 Å². The van der Waals surface area contributed by atoms with Crippen LogP contribution in [-0.4, -0.2) is 25.5 Å². The van der Waals surface area contributed by atoms with Crippen LogP contribution in [-0.2, 0) is 0 Å². The Morgan fingerprint density at radius 3 is 2.85 bits per heavy atom. The number of rotatable bonds is 4. The van der Waals surface area contributed by atoms with Gasteiger partial charge in [-0.3, -0.25) is 0 Å². The first-order valence-electron chi connectivity index (χ1n) is 4.88. The van der Waals surface area contributed by atoms with Crippen LogP contribution in [0.2, 0.25) is 0 Å². The monoisotopic (exact) mass is 177 g/mol. The lowest BCUT2D eigenvalue weighted by atomic mass is 9.96. The Bertz CT molecular complexity index is 234. The van der Waals surface area contributed by atoms with Crippen LogP contribution in [0, 0.1) is 0 Å². The smallest absolute Gasteiger partial charge is 0.00156 e. The molecule has 0 heterocycles. The predicted octanol–water partition coefficient (Wildman–Crippen LogP) is 2.77. The average molecular weight is 177 g/mol. The second kappa shape index (κ2) is 5.03. The summed E-state index contributed by atoms with van der Waals surface area (Å²) in [5.41, 5.74) is 2.74. The van der Waals surface area contributed by atoms with Crippen LogP contribution in [0.3, 0.4) is 0 Å². The largest absolute Gasteiger partial charge is 0.309 e. The summed E-state index contributed by atoms with van der Waals surface area (Å²) in [4.78, 5) is 2.20. The van der Waals surface area contributed by atoms with Gasteiger partial charge in [0, 0.05) is 6.54 Å². The van der Waals surface area contributed by atoms with Crippen LogP contribution in [0.5, 0.6) is 0 Å². The summed E-state index contributed by atoms with van der Waals surface area (Å²) in [5, 5.41) is 0. The molecule has 0 atom stereocenters. The maximum Gasteiger partial charge on any atom is 0.00156 e. The molecule has 0 spiro atoms. The maximum atomic E-state index is 4.12. The molecule has 1 rings (SSSR count). The van der Waals surface area contributed by atoms with Gasteiger partial charge in [-0.15, -0.1) is 0 Å². The SMILES string of the molecule is C=C(CCN(C)C)C1=CC=CCC1. The Balaban J connectivity index is 2.38. The third-order valence-corrected chi connectivity index (χ3v) is 2.33. The minimum atomic E-state index is 1.09. The molecule has 1 aliphatic rings. The number of nitrogens with zero attached hydrogens (tertiary/aromatic N) is 1. The fourth-order valence-electron chi connectivity index (χ4n) is 1.42. The first-order chi connectivity index (χ1) is 6.20. The molecule has 72 valence electrons. The zero-order valence-corrected chi connectivity index (χ0v) is 8.71. The topological polar surface area (TPSA) is 3.24 Å². The number of hydrogen-bond donors (Lipinski definition) is 0. The van der Waals surface area contributed by atoms with Crippen molar-refractivity contribution in [1.82, 2.24) is 4.90 Å². The van der Waals surface area contributed by atoms with Crippen LogP contribution in [0.4, 0.5) is 0 Å². The summed E-state index contributed by atoms with van der Waals surface area (Å²) < 4.78 is 0. The summed E-state index contributed by atoms with van der Waals surface area (Å²) >= 11 is 0. The van der Waals surface area contributed by atoms with E-state index in [9.17, 15) is 0 Å².